The highest BCUT2D eigenvalue weighted by molar-refractivity contribution is 9.10. The third-order valence-electron chi connectivity index (χ3n) is 3.25. The van der Waals surface area contributed by atoms with Gasteiger partial charge in [-0.2, -0.15) is 0 Å². The zero-order valence-electron chi connectivity index (χ0n) is 11.2. The number of halogens is 4. The van der Waals surface area contributed by atoms with E-state index in [2.05, 4.69) is 20.9 Å². The van der Waals surface area contributed by atoms with E-state index in [0.29, 0.717) is 5.82 Å². The van der Waals surface area contributed by atoms with Gasteiger partial charge >= 0.3 is 0 Å². The molecule has 0 fully saturated rings. The molecule has 3 rings (SSSR count). The molecule has 0 amide bonds. The van der Waals surface area contributed by atoms with E-state index in [9.17, 15) is 13.2 Å². The number of aromatic nitrogens is 2. The fourth-order valence-electron chi connectivity index (χ4n) is 2.20. The van der Waals surface area contributed by atoms with Crippen LogP contribution < -0.4 is 0 Å². The summed E-state index contributed by atoms with van der Waals surface area (Å²) in [7, 11) is 0. The number of rotatable bonds is 3. The summed E-state index contributed by atoms with van der Waals surface area (Å²) in [6.45, 7) is 0.0604. The molecule has 1 heterocycles. The van der Waals surface area contributed by atoms with Crippen LogP contribution in [0.15, 0.2) is 53.3 Å². The smallest absolute Gasteiger partial charge is 0.194 e. The molecule has 0 saturated heterocycles. The maximum absolute atomic E-state index is 13.8. The van der Waals surface area contributed by atoms with Crippen LogP contribution in [0, 0.1) is 17.5 Å². The number of nitrogens with zero attached hydrogens (tertiary/aromatic N) is 2. The summed E-state index contributed by atoms with van der Waals surface area (Å²) >= 11 is 3.38. The van der Waals surface area contributed by atoms with Crippen molar-refractivity contribution in [2.24, 2.45) is 0 Å². The molecule has 0 unspecified atom stereocenters. The van der Waals surface area contributed by atoms with Crippen LogP contribution in [0.3, 0.4) is 0 Å². The first kappa shape index (κ1) is 14.8. The van der Waals surface area contributed by atoms with Gasteiger partial charge in [-0.1, -0.05) is 34.1 Å². The average molecular weight is 367 g/mol. The van der Waals surface area contributed by atoms with Gasteiger partial charge in [-0.15, -0.1) is 0 Å². The summed E-state index contributed by atoms with van der Waals surface area (Å²) in [6, 6.07) is 9.63. The van der Waals surface area contributed by atoms with Crippen molar-refractivity contribution in [3.63, 3.8) is 0 Å². The first-order chi connectivity index (χ1) is 10.6. The molecule has 0 radical (unpaired) electrons. The van der Waals surface area contributed by atoms with Gasteiger partial charge in [0.2, 0.25) is 0 Å². The second-order valence-electron chi connectivity index (χ2n) is 4.72. The Morgan fingerprint density at radius 3 is 2.64 bits per heavy atom. The fourth-order valence-corrected chi connectivity index (χ4v) is 2.60. The lowest BCUT2D eigenvalue weighted by atomic mass is 10.1. The lowest BCUT2D eigenvalue weighted by Gasteiger charge is -2.10. The Kier molecular flexibility index (Phi) is 4.02. The minimum Gasteiger partial charge on any atom is -0.326 e. The molecule has 0 aliphatic heterocycles. The van der Waals surface area contributed by atoms with Gasteiger partial charge in [-0.3, -0.25) is 0 Å². The van der Waals surface area contributed by atoms with E-state index in [-0.39, 0.29) is 12.1 Å². The van der Waals surface area contributed by atoms with Gasteiger partial charge < -0.3 is 4.57 Å². The van der Waals surface area contributed by atoms with E-state index in [1.807, 2.05) is 24.3 Å². The molecule has 0 bridgehead atoms. The molecule has 0 aliphatic rings. The number of imidazole rings is 1. The lowest BCUT2D eigenvalue weighted by Crippen LogP contribution is -2.05. The first-order valence-electron chi connectivity index (χ1n) is 6.45. The maximum Gasteiger partial charge on any atom is 0.194 e. The molecule has 2 aromatic carbocycles. The Morgan fingerprint density at radius 2 is 1.86 bits per heavy atom. The van der Waals surface area contributed by atoms with Gasteiger partial charge in [0, 0.05) is 28.0 Å². The van der Waals surface area contributed by atoms with E-state index < -0.39 is 17.5 Å². The Morgan fingerprint density at radius 1 is 1.05 bits per heavy atom. The topological polar surface area (TPSA) is 17.8 Å². The maximum atomic E-state index is 13.8. The summed E-state index contributed by atoms with van der Waals surface area (Å²) in [5, 5.41) is 0. The van der Waals surface area contributed by atoms with E-state index >= 15 is 0 Å². The summed E-state index contributed by atoms with van der Waals surface area (Å²) < 4.78 is 42.7. The van der Waals surface area contributed by atoms with Crippen LogP contribution >= 0.6 is 15.9 Å². The number of benzene rings is 2. The first-order valence-corrected chi connectivity index (χ1v) is 7.25. The zero-order chi connectivity index (χ0) is 15.7. The SMILES string of the molecule is Fc1ccc(Cn2ccnc2-c2cccc(Br)c2)c(F)c1F. The van der Waals surface area contributed by atoms with Crippen LogP contribution in [-0.4, -0.2) is 9.55 Å². The predicted molar refractivity (Wildman–Crippen MR) is 80.8 cm³/mol. The van der Waals surface area contributed by atoms with E-state index in [0.717, 1.165) is 16.1 Å². The fraction of sp³-hybridized carbons (Fsp3) is 0.0625. The molecule has 0 N–H and O–H groups in total. The van der Waals surface area contributed by atoms with Crippen molar-refractivity contribution in [2.75, 3.05) is 0 Å². The third kappa shape index (κ3) is 2.78. The van der Waals surface area contributed by atoms with Crippen LogP contribution in [0.2, 0.25) is 0 Å². The predicted octanol–water partition coefficient (Wildman–Crippen LogP) is 4.78. The monoisotopic (exact) mass is 366 g/mol. The average Bonchev–Trinajstić information content (AvgIpc) is 2.96. The van der Waals surface area contributed by atoms with E-state index in [1.165, 1.54) is 6.07 Å². The largest absolute Gasteiger partial charge is 0.326 e. The Bertz CT molecular complexity index is 830. The van der Waals surface area contributed by atoms with Crippen molar-refractivity contribution in [1.82, 2.24) is 9.55 Å². The summed E-state index contributed by atoms with van der Waals surface area (Å²) in [4.78, 5) is 4.25. The van der Waals surface area contributed by atoms with Crippen LogP contribution in [-0.2, 0) is 6.54 Å². The van der Waals surface area contributed by atoms with Crippen LogP contribution in [0.25, 0.3) is 11.4 Å². The molecule has 22 heavy (non-hydrogen) atoms. The van der Waals surface area contributed by atoms with E-state index in [4.69, 9.17) is 0 Å². The van der Waals surface area contributed by atoms with Crippen molar-refractivity contribution in [1.29, 1.82) is 0 Å². The number of hydrogen-bond donors (Lipinski definition) is 0. The number of hydrogen-bond acceptors (Lipinski definition) is 1. The highest BCUT2D eigenvalue weighted by Crippen LogP contribution is 2.23. The van der Waals surface area contributed by atoms with E-state index in [1.54, 1.807) is 17.0 Å². The highest BCUT2D eigenvalue weighted by Gasteiger charge is 2.15. The van der Waals surface area contributed by atoms with Gasteiger partial charge in [0.05, 0.1) is 6.54 Å². The minimum atomic E-state index is -1.46. The standard InChI is InChI=1S/C16H10BrF3N2/c17-12-3-1-2-10(8-12)16-21-6-7-22(16)9-11-4-5-13(18)15(20)14(11)19/h1-8H,9H2. The van der Waals surface area contributed by atoms with Crippen molar-refractivity contribution in [2.45, 2.75) is 6.54 Å². The molecular weight excluding hydrogens is 357 g/mol. The Labute approximate surface area is 133 Å². The molecule has 3 aromatic rings. The molecule has 0 atom stereocenters. The highest BCUT2D eigenvalue weighted by atomic mass is 79.9. The molecule has 0 saturated carbocycles. The Balaban J connectivity index is 1.98. The molecule has 6 heteroatoms. The summed E-state index contributed by atoms with van der Waals surface area (Å²) in [5.41, 5.74) is 0.899. The van der Waals surface area contributed by atoms with Gasteiger partial charge in [-0.05, 0) is 18.2 Å². The van der Waals surface area contributed by atoms with Crippen LogP contribution in [0.4, 0.5) is 13.2 Å². The normalized spacial score (nSPS) is 10.9. The van der Waals surface area contributed by atoms with Crippen molar-refractivity contribution in [3.8, 4) is 11.4 Å². The summed E-state index contributed by atoms with van der Waals surface area (Å²) in [6.07, 6.45) is 3.24. The van der Waals surface area contributed by atoms with Crippen molar-refractivity contribution in [3.05, 3.63) is 76.3 Å². The van der Waals surface area contributed by atoms with Crippen molar-refractivity contribution < 1.29 is 13.2 Å². The van der Waals surface area contributed by atoms with Crippen LogP contribution in [0.1, 0.15) is 5.56 Å². The third-order valence-corrected chi connectivity index (χ3v) is 3.75. The molecule has 112 valence electrons. The summed E-state index contributed by atoms with van der Waals surface area (Å²) in [5.74, 6) is -3.21. The van der Waals surface area contributed by atoms with Crippen LogP contribution in [0.5, 0.6) is 0 Å². The van der Waals surface area contributed by atoms with Gasteiger partial charge in [0.15, 0.2) is 17.5 Å². The molecular formula is C16H10BrF3N2. The molecule has 2 nitrogen and oxygen atoms in total. The second-order valence-corrected chi connectivity index (χ2v) is 5.64. The quantitative estimate of drug-likeness (QED) is 0.610. The van der Waals surface area contributed by atoms with Gasteiger partial charge in [0.25, 0.3) is 0 Å². The molecule has 1 aromatic heterocycles. The van der Waals surface area contributed by atoms with Gasteiger partial charge in [-0.25, -0.2) is 18.2 Å². The molecule has 0 aliphatic carbocycles. The Hall–Kier alpha value is -2.08. The lowest BCUT2D eigenvalue weighted by molar-refractivity contribution is 0.439. The minimum absolute atomic E-state index is 0.0604. The molecule has 0 spiro atoms. The van der Waals surface area contributed by atoms with Gasteiger partial charge in [0.1, 0.15) is 5.82 Å². The van der Waals surface area contributed by atoms with Crippen molar-refractivity contribution >= 4 is 15.9 Å². The zero-order valence-corrected chi connectivity index (χ0v) is 12.8. The second kappa shape index (κ2) is 5.96.